The Morgan fingerprint density at radius 2 is 2.12 bits per heavy atom. The first-order valence-electron chi connectivity index (χ1n) is 5.93. The van der Waals surface area contributed by atoms with Gasteiger partial charge in [-0.1, -0.05) is 15.9 Å². The first-order chi connectivity index (χ1) is 7.75. The Morgan fingerprint density at radius 1 is 1.38 bits per heavy atom. The van der Waals surface area contributed by atoms with E-state index in [2.05, 4.69) is 57.5 Å². The highest BCUT2D eigenvalue weighted by Crippen LogP contribution is 2.19. The molecule has 88 valence electrons. The van der Waals surface area contributed by atoms with Crippen molar-refractivity contribution in [2.24, 2.45) is 5.92 Å². The summed E-state index contributed by atoms with van der Waals surface area (Å²) in [6.45, 7) is 3.51. The summed E-state index contributed by atoms with van der Waals surface area (Å²) in [5.41, 5.74) is 1.30. The van der Waals surface area contributed by atoms with Crippen molar-refractivity contribution in [1.29, 1.82) is 0 Å². The van der Waals surface area contributed by atoms with Gasteiger partial charge in [0, 0.05) is 23.8 Å². The van der Waals surface area contributed by atoms with Gasteiger partial charge in [-0.3, -0.25) is 0 Å². The summed E-state index contributed by atoms with van der Waals surface area (Å²) >= 11 is 3.46. The molecule has 1 aliphatic rings. The zero-order valence-corrected chi connectivity index (χ0v) is 11.3. The van der Waals surface area contributed by atoms with Crippen LogP contribution in [0.5, 0.6) is 0 Å². The third-order valence-electron chi connectivity index (χ3n) is 3.20. The maximum absolute atomic E-state index is 3.47. The molecule has 0 saturated carbocycles. The predicted octanol–water partition coefficient (Wildman–Crippen LogP) is 2.88. The van der Waals surface area contributed by atoms with Gasteiger partial charge >= 0.3 is 0 Å². The van der Waals surface area contributed by atoms with Crippen molar-refractivity contribution >= 4 is 21.6 Å². The molecular formula is C13H19BrN2. The lowest BCUT2D eigenvalue weighted by Gasteiger charge is -2.28. The molecule has 0 bridgehead atoms. The van der Waals surface area contributed by atoms with Gasteiger partial charge in [0.1, 0.15) is 0 Å². The standard InChI is InChI=1S/C13H19BrN2/c1-16(10-11-3-2-8-15-9-11)13-6-4-12(14)5-7-13/h4-7,11,15H,2-3,8-10H2,1H3. The SMILES string of the molecule is CN(CC1CCCNC1)c1ccc(Br)cc1. The predicted molar refractivity (Wildman–Crippen MR) is 73.0 cm³/mol. The molecule has 1 unspecified atom stereocenters. The molecule has 1 aromatic rings. The number of nitrogens with zero attached hydrogens (tertiary/aromatic N) is 1. The Bertz CT molecular complexity index is 317. The highest BCUT2D eigenvalue weighted by molar-refractivity contribution is 9.10. The van der Waals surface area contributed by atoms with Crippen LogP contribution in [0.15, 0.2) is 28.7 Å². The molecule has 1 fully saturated rings. The molecule has 1 atom stereocenters. The molecule has 0 aliphatic carbocycles. The van der Waals surface area contributed by atoms with Crippen LogP contribution >= 0.6 is 15.9 Å². The summed E-state index contributed by atoms with van der Waals surface area (Å²) < 4.78 is 1.14. The Labute approximate surface area is 106 Å². The van der Waals surface area contributed by atoms with Crippen molar-refractivity contribution in [3.05, 3.63) is 28.7 Å². The average molecular weight is 283 g/mol. The minimum Gasteiger partial charge on any atom is -0.374 e. The van der Waals surface area contributed by atoms with Crippen molar-refractivity contribution in [2.45, 2.75) is 12.8 Å². The van der Waals surface area contributed by atoms with E-state index in [-0.39, 0.29) is 0 Å². The van der Waals surface area contributed by atoms with Gasteiger partial charge in [-0.15, -0.1) is 0 Å². The van der Waals surface area contributed by atoms with E-state index in [9.17, 15) is 0 Å². The van der Waals surface area contributed by atoms with Crippen LogP contribution in [0.2, 0.25) is 0 Å². The molecule has 3 heteroatoms. The molecule has 0 amide bonds. The van der Waals surface area contributed by atoms with E-state index in [1.165, 1.54) is 31.6 Å². The van der Waals surface area contributed by atoms with E-state index >= 15 is 0 Å². The molecule has 2 nitrogen and oxygen atoms in total. The van der Waals surface area contributed by atoms with E-state index in [0.717, 1.165) is 16.9 Å². The van der Waals surface area contributed by atoms with Crippen LogP contribution in [0, 0.1) is 5.92 Å². The summed E-state index contributed by atoms with van der Waals surface area (Å²) in [6, 6.07) is 8.54. The topological polar surface area (TPSA) is 15.3 Å². The van der Waals surface area contributed by atoms with Crippen LogP contribution in [0.25, 0.3) is 0 Å². The molecular weight excluding hydrogens is 264 g/mol. The fraction of sp³-hybridized carbons (Fsp3) is 0.538. The maximum Gasteiger partial charge on any atom is 0.0364 e. The second-order valence-electron chi connectivity index (χ2n) is 4.57. The van der Waals surface area contributed by atoms with Gasteiger partial charge < -0.3 is 10.2 Å². The highest BCUT2D eigenvalue weighted by Gasteiger charge is 2.14. The monoisotopic (exact) mass is 282 g/mol. The van der Waals surface area contributed by atoms with Gasteiger partial charge in [-0.05, 0) is 56.1 Å². The van der Waals surface area contributed by atoms with Gasteiger partial charge in [0.15, 0.2) is 0 Å². The quantitative estimate of drug-likeness (QED) is 0.917. The molecule has 1 N–H and O–H groups in total. The van der Waals surface area contributed by atoms with E-state index in [4.69, 9.17) is 0 Å². The number of benzene rings is 1. The number of anilines is 1. The van der Waals surface area contributed by atoms with Crippen molar-refractivity contribution in [2.75, 3.05) is 31.6 Å². The van der Waals surface area contributed by atoms with Crippen LogP contribution < -0.4 is 10.2 Å². The van der Waals surface area contributed by atoms with Gasteiger partial charge in [0.25, 0.3) is 0 Å². The van der Waals surface area contributed by atoms with E-state index in [1.54, 1.807) is 0 Å². The smallest absolute Gasteiger partial charge is 0.0364 e. The molecule has 0 radical (unpaired) electrons. The lowest BCUT2D eigenvalue weighted by molar-refractivity contribution is 0.381. The fourth-order valence-electron chi connectivity index (χ4n) is 2.27. The van der Waals surface area contributed by atoms with E-state index in [1.807, 2.05) is 0 Å². The summed E-state index contributed by atoms with van der Waals surface area (Å²) in [5, 5.41) is 3.47. The fourth-order valence-corrected chi connectivity index (χ4v) is 2.53. The second kappa shape index (κ2) is 5.69. The first kappa shape index (κ1) is 11.9. The summed E-state index contributed by atoms with van der Waals surface area (Å²) in [4.78, 5) is 2.35. The molecule has 1 aliphatic heterocycles. The summed E-state index contributed by atoms with van der Waals surface area (Å²) in [7, 11) is 2.18. The molecule has 0 spiro atoms. The van der Waals surface area contributed by atoms with Crippen molar-refractivity contribution in [3.8, 4) is 0 Å². The van der Waals surface area contributed by atoms with Crippen molar-refractivity contribution in [3.63, 3.8) is 0 Å². The van der Waals surface area contributed by atoms with Crippen LogP contribution in [0.1, 0.15) is 12.8 Å². The molecule has 2 rings (SSSR count). The molecule has 1 saturated heterocycles. The Hall–Kier alpha value is -0.540. The average Bonchev–Trinajstić information content (AvgIpc) is 2.31. The number of hydrogen-bond acceptors (Lipinski definition) is 2. The third kappa shape index (κ3) is 3.22. The summed E-state index contributed by atoms with van der Waals surface area (Å²) in [5.74, 6) is 0.794. The van der Waals surface area contributed by atoms with Gasteiger partial charge in [-0.2, -0.15) is 0 Å². The van der Waals surface area contributed by atoms with Gasteiger partial charge in [-0.25, -0.2) is 0 Å². The Morgan fingerprint density at radius 3 is 2.75 bits per heavy atom. The number of halogens is 1. The largest absolute Gasteiger partial charge is 0.374 e. The normalized spacial score (nSPS) is 20.8. The highest BCUT2D eigenvalue weighted by atomic mass is 79.9. The first-order valence-corrected chi connectivity index (χ1v) is 6.72. The second-order valence-corrected chi connectivity index (χ2v) is 5.48. The van der Waals surface area contributed by atoms with E-state index in [0.29, 0.717) is 0 Å². The summed E-state index contributed by atoms with van der Waals surface area (Å²) in [6.07, 6.45) is 2.67. The lowest BCUT2D eigenvalue weighted by Crippen LogP contribution is -2.36. The number of hydrogen-bond donors (Lipinski definition) is 1. The number of rotatable bonds is 3. The molecule has 1 aromatic carbocycles. The molecule has 0 aromatic heterocycles. The third-order valence-corrected chi connectivity index (χ3v) is 3.73. The maximum atomic E-state index is 3.47. The van der Waals surface area contributed by atoms with Crippen molar-refractivity contribution in [1.82, 2.24) is 5.32 Å². The Balaban J connectivity index is 1.91. The van der Waals surface area contributed by atoms with Gasteiger partial charge in [0.2, 0.25) is 0 Å². The van der Waals surface area contributed by atoms with E-state index < -0.39 is 0 Å². The zero-order valence-electron chi connectivity index (χ0n) is 9.75. The minimum atomic E-state index is 0.794. The minimum absolute atomic E-state index is 0.794. The Kier molecular flexibility index (Phi) is 4.24. The zero-order chi connectivity index (χ0) is 11.4. The number of nitrogens with one attached hydrogen (secondary N) is 1. The number of piperidine rings is 1. The van der Waals surface area contributed by atoms with Crippen LogP contribution in [0.4, 0.5) is 5.69 Å². The van der Waals surface area contributed by atoms with Crippen LogP contribution in [0.3, 0.4) is 0 Å². The van der Waals surface area contributed by atoms with Crippen molar-refractivity contribution < 1.29 is 0 Å². The molecule has 1 heterocycles. The van der Waals surface area contributed by atoms with Crippen LogP contribution in [-0.2, 0) is 0 Å². The molecule has 16 heavy (non-hydrogen) atoms. The van der Waals surface area contributed by atoms with Gasteiger partial charge in [0.05, 0.1) is 0 Å². The van der Waals surface area contributed by atoms with Crippen LogP contribution in [-0.4, -0.2) is 26.7 Å². The lowest BCUT2D eigenvalue weighted by atomic mass is 9.99.